The van der Waals surface area contributed by atoms with E-state index in [0.29, 0.717) is 18.4 Å². The molecule has 12 heteroatoms. The van der Waals surface area contributed by atoms with Gasteiger partial charge >= 0.3 is 12.8 Å². The lowest BCUT2D eigenvalue weighted by molar-refractivity contribution is -0.514. The molecule has 3 rings (SSSR count). The third-order valence-corrected chi connectivity index (χ3v) is 6.22. The van der Waals surface area contributed by atoms with Gasteiger partial charge in [-0.25, -0.2) is 4.99 Å². The maximum absolute atomic E-state index is 11.0. The summed E-state index contributed by atoms with van der Waals surface area (Å²) in [5, 5.41) is 4.20. The highest BCUT2D eigenvalue weighted by Gasteiger charge is 2.20. The summed E-state index contributed by atoms with van der Waals surface area (Å²) in [6, 6.07) is 17.9. The third-order valence-electron chi connectivity index (χ3n) is 5.41. The second-order valence-electron chi connectivity index (χ2n) is 10.2. The quantitative estimate of drug-likeness (QED) is 0.125. The van der Waals surface area contributed by atoms with Crippen LogP contribution in [0.3, 0.4) is 0 Å². The Balaban J connectivity index is 0.00000103. The van der Waals surface area contributed by atoms with Crippen molar-refractivity contribution in [1.29, 1.82) is 0 Å². The number of nitrogens with one attached hydrogen (secondary N) is 2. The van der Waals surface area contributed by atoms with E-state index in [-0.39, 0.29) is 11.2 Å². The number of hydrogen-bond acceptors (Lipinski definition) is 4. The number of halogens is 4. The van der Waals surface area contributed by atoms with E-state index in [0.717, 1.165) is 40.7 Å². The van der Waals surface area contributed by atoms with E-state index in [1.807, 2.05) is 79.0 Å². The fraction of sp³-hybridized carbons (Fsp3) is 0.321. The number of allylic oxidation sites excluding steroid dienone is 2. The molecule has 0 atom stereocenters. The van der Waals surface area contributed by atoms with Crippen molar-refractivity contribution in [1.82, 2.24) is 0 Å². The molecule has 40 heavy (non-hydrogen) atoms. The van der Waals surface area contributed by atoms with Gasteiger partial charge in [-0.15, -0.1) is 0 Å². The van der Waals surface area contributed by atoms with Crippen LogP contribution in [0.15, 0.2) is 77.4 Å². The monoisotopic (exact) mass is 582 g/mol. The molecular weight excluding hydrogens is 547 g/mol. The molecule has 6 nitrogen and oxygen atoms in total. The molecule has 0 aliphatic carbocycles. The van der Waals surface area contributed by atoms with Crippen LogP contribution in [0.1, 0.15) is 44.7 Å². The van der Waals surface area contributed by atoms with Crippen LogP contribution in [0.2, 0.25) is 0 Å². The van der Waals surface area contributed by atoms with Crippen LogP contribution in [0.25, 0.3) is 17.0 Å². The van der Waals surface area contributed by atoms with Gasteiger partial charge in [0.1, 0.15) is 12.1 Å². The SMILES string of the molecule is CC(C)(C)CC[NH+]=c1cc(/C=C/C=C/Nc2ccccc2)c2ccc(CCCS(=O)(=O)O)cc2o1.F[B-](F)(F)F. The Morgan fingerprint density at radius 1 is 1.02 bits per heavy atom. The lowest BCUT2D eigenvalue weighted by Crippen LogP contribution is -2.77. The van der Waals surface area contributed by atoms with Crippen molar-refractivity contribution in [2.24, 2.45) is 5.41 Å². The normalized spacial score (nSPS) is 13.2. The van der Waals surface area contributed by atoms with Crippen molar-refractivity contribution in [2.45, 2.75) is 40.0 Å². The van der Waals surface area contributed by atoms with Crippen LogP contribution < -0.4 is 15.9 Å². The van der Waals surface area contributed by atoms with Gasteiger partial charge in [-0.3, -0.25) is 4.55 Å². The Morgan fingerprint density at radius 2 is 1.70 bits per heavy atom. The van der Waals surface area contributed by atoms with Crippen molar-refractivity contribution in [3.63, 3.8) is 0 Å². The predicted octanol–water partition coefficient (Wildman–Crippen LogP) is 5.61. The zero-order chi connectivity index (χ0) is 29.8. The molecule has 0 bridgehead atoms. The van der Waals surface area contributed by atoms with Crippen LogP contribution in [-0.2, 0) is 16.5 Å². The molecule has 0 aliphatic rings. The lowest BCUT2D eigenvalue weighted by Gasteiger charge is -2.13. The van der Waals surface area contributed by atoms with Gasteiger partial charge in [0.15, 0.2) is 0 Å². The molecule has 0 radical (unpaired) electrons. The maximum Gasteiger partial charge on any atom is 0.673 e. The Bertz CT molecular complexity index is 1460. The smallest absolute Gasteiger partial charge is 0.418 e. The standard InChI is InChI=1S/C28H34N2O4S.BF4/c1-28(2,3)16-18-30-27-21-23(11-7-8-17-29-24-12-5-4-6-13-24)25-15-14-22(20-26(25)34-27)10-9-19-35(31,32)33;2-1(3,4)5/h4-8,11-15,17,20-21,29H,9-10,16,18-19H2,1-3H3,(H,31,32,33);/q;-1/p+1/b11-7+,17-8+,30-27?;. The number of rotatable bonds is 10. The van der Waals surface area contributed by atoms with Gasteiger partial charge in [-0.05, 0) is 53.7 Å². The molecule has 0 saturated carbocycles. The van der Waals surface area contributed by atoms with Crippen molar-refractivity contribution in [2.75, 3.05) is 17.6 Å². The average Bonchev–Trinajstić information content (AvgIpc) is 2.81. The van der Waals surface area contributed by atoms with Gasteiger partial charge in [-0.2, -0.15) is 8.42 Å². The summed E-state index contributed by atoms with van der Waals surface area (Å²) in [4.78, 5) is 3.40. The van der Waals surface area contributed by atoms with Crippen LogP contribution in [0, 0.1) is 5.41 Å². The molecule has 218 valence electrons. The first-order valence-electron chi connectivity index (χ1n) is 12.7. The van der Waals surface area contributed by atoms with E-state index in [9.17, 15) is 25.7 Å². The second kappa shape index (κ2) is 14.9. The van der Waals surface area contributed by atoms with Crippen molar-refractivity contribution >= 4 is 40.1 Å². The fourth-order valence-corrected chi connectivity index (χ4v) is 4.06. The first kappa shape index (κ1) is 32.8. The van der Waals surface area contributed by atoms with Gasteiger partial charge in [0, 0.05) is 23.7 Å². The Labute approximate surface area is 232 Å². The van der Waals surface area contributed by atoms with Crippen molar-refractivity contribution in [3.8, 4) is 0 Å². The summed E-state index contributed by atoms with van der Waals surface area (Å²) in [6.45, 7) is 7.40. The zero-order valence-electron chi connectivity index (χ0n) is 22.7. The number of para-hydroxylation sites is 1. The van der Waals surface area contributed by atoms with E-state index in [4.69, 9.17) is 8.97 Å². The molecule has 0 saturated heterocycles. The van der Waals surface area contributed by atoms with Crippen LogP contribution >= 0.6 is 0 Å². The molecule has 0 aliphatic heterocycles. The summed E-state index contributed by atoms with van der Waals surface area (Å²) in [6.07, 6.45) is 9.72. The van der Waals surface area contributed by atoms with Crippen LogP contribution in [0.5, 0.6) is 0 Å². The highest BCUT2D eigenvalue weighted by Crippen LogP contribution is 2.21. The first-order chi connectivity index (χ1) is 18.6. The van der Waals surface area contributed by atoms with Gasteiger partial charge in [0.25, 0.3) is 10.1 Å². The molecule has 0 fully saturated rings. The minimum atomic E-state index is -6.00. The number of benzene rings is 2. The van der Waals surface area contributed by atoms with Crippen molar-refractivity contribution < 1.29 is 39.6 Å². The van der Waals surface area contributed by atoms with Gasteiger partial charge in [0.2, 0.25) is 0 Å². The predicted molar refractivity (Wildman–Crippen MR) is 152 cm³/mol. The van der Waals surface area contributed by atoms with Crippen LogP contribution in [-0.4, -0.2) is 32.5 Å². The molecule has 3 N–H and O–H groups in total. The third kappa shape index (κ3) is 14.7. The molecule has 1 heterocycles. The summed E-state index contributed by atoms with van der Waals surface area (Å²) in [5.74, 6) is -0.256. The molecular formula is C28H35BF4N2O4S. The van der Waals surface area contributed by atoms with Gasteiger partial charge in [-0.1, -0.05) is 63.3 Å². The molecule has 3 aromatic rings. The number of aryl methyl sites for hydroxylation is 1. The molecule has 1 aromatic heterocycles. The number of anilines is 1. The van der Waals surface area contributed by atoms with Crippen LogP contribution in [0.4, 0.5) is 23.0 Å². The zero-order valence-corrected chi connectivity index (χ0v) is 23.5. The fourth-order valence-electron chi connectivity index (χ4n) is 3.55. The van der Waals surface area contributed by atoms with E-state index in [1.54, 1.807) is 0 Å². The highest BCUT2D eigenvalue weighted by molar-refractivity contribution is 7.85. The minimum Gasteiger partial charge on any atom is -0.418 e. The van der Waals surface area contributed by atoms with E-state index in [2.05, 4.69) is 31.1 Å². The minimum absolute atomic E-state index is 0.212. The summed E-state index contributed by atoms with van der Waals surface area (Å²) in [5.41, 5.74) is 4.61. The summed E-state index contributed by atoms with van der Waals surface area (Å²) >= 11 is 0. The first-order valence-corrected chi connectivity index (χ1v) is 14.3. The Kier molecular flexibility index (Phi) is 12.2. The summed E-state index contributed by atoms with van der Waals surface area (Å²) in [7, 11) is -9.96. The Hall–Kier alpha value is -3.38. The van der Waals surface area contributed by atoms with Crippen molar-refractivity contribution in [3.05, 3.63) is 89.6 Å². The van der Waals surface area contributed by atoms with E-state index >= 15 is 0 Å². The van der Waals surface area contributed by atoms with E-state index < -0.39 is 17.4 Å². The number of fused-ring (bicyclic) bond motifs is 1. The maximum atomic E-state index is 11.0. The van der Waals surface area contributed by atoms with Gasteiger partial charge in [0.05, 0.1) is 11.8 Å². The summed E-state index contributed by atoms with van der Waals surface area (Å²) < 4.78 is 76.2. The van der Waals surface area contributed by atoms with E-state index in [1.165, 1.54) is 0 Å². The lowest BCUT2D eigenvalue weighted by atomic mass is 9.92. The average molecular weight is 582 g/mol. The molecule has 0 amide bonds. The topological polar surface area (TPSA) is 93.5 Å². The molecule has 0 spiro atoms. The Morgan fingerprint density at radius 3 is 2.33 bits per heavy atom. The largest absolute Gasteiger partial charge is 0.673 e. The van der Waals surface area contributed by atoms with Gasteiger partial charge < -0.3 is 27.0 Å². The number of hydrogen-bond donors (Lipinski definition) is 3. The second-order valence-corrected chi connectivity index (χ2v) is 11.8. The molecule has 0 unspecified atom stereocenters. The highest BCUT2D eigenvalue weighted by atomic mass is 32.2. The molecule has 2 aromatic carbocycles.